The molecule has 36 heavy (non-hydrogen) atoms. The van der Waals surface area contributed by atoms with Crippen LogP contribution < -0.4 is 0 Å². The Bertz CT molecular complexity index is 1330. The summed E-state index contributed by atoms with van der Waals surface area (Å²) in [5, 5.41) is 10.5. The Labute approximate surface area is 205 Å². The van der Waals surface area contributed by atoms with Crippen LogP contribution in [0.25, 0.3) is 11.8 Å². The molecule has 1 N–H and O–H groups in total. The van der Waals surface area contributed by atoms with Gasteiger partial charge >= 0.3 is 0 Å². The highest BCUT2D eigenvalue weighted by molar-refractivity contribution is 5.97. The molecule has 1 saturated heterocycles. The van der Waals surface area contributed by atoms with E-state index in [0.717, 1.165) is 17.8 Å². The minimum Gasteiger partial charge on any atom is -0.480 e. The van der Waals surface area contributed by atoms with E-state index in [0.29, 0.717) is 5.56 Å². The quantitative estimate of drug-likeness (QED) is 0.308. The first-order valence-electron chi connectivity index (χ1n) is 11.2. The van der Waals surface area contributed by atoms with Gasteiger partial charge in [0.05, 0.1) is 36.4 Å². The molecule has 0 radical (unpaired) electrons. The number of carbonyl (C=O) groups excluding carboxylic acids is 1. The maximum atomic E-state index is 14.8. The minimum absolute atomic E-state index is 0.0351. The van der Waals surface area contributed by atoms with Crippen molar-refractivity contribution in [3.63, 3.8) is 0 Å². The van der Waals surface area contributed by atoms with Gasteiger partial charge in [0.2, 0.25) is 0 Å². The maximum absolute atomic E-state index is 14.8. The number of hydrogen-bond acceptors (Lipinski definition) is 4. The highest BCUT2D eigenvalue weighted by Gasteiger charge is 2.42. The van der Waals surface area contributed by atoms with Crippen LogP contribution in [0.3, 0.4) is 0 Å². The summed E-state index contributed by atoms with van der Waals surface area (Å²) in [6.07, 6.45) is 3.25. The molecule has 10 heteroatoms. The summed E-state index contributed by atoms with van der Waals surface area (Å²) in [6.45, 7) is 6.48. The number of carbonyl (C=O) groups is 1. The lowest BCUT2D eigenvalue weighted by molar-refractivity contribution is -0.153. The van der Waals surface area contributed by atoms with Crippen molar-refractivity contribution in [3.8, 4) is 5.69 Å². The normalized spacial score (nSPS) is 18.3. The van der Waals surface area contributed by atoms with Crippen molar-refractivity contribution in [1.29, 1.82) is 0 Å². The third kappa shape index (κ3) is 4.99. The topological polar surface area (TPSA) is 67.6 Å². The number of imidazole rings is 1. The third-order valence-corrected chi connectivity index (χ3v) is 5.81. The van der Waals surface area contributed by atoms with Gasteiger partial charge in [-0.05, 0) is 69.2 Å². The zero-order valence-corrected chi connectivity index (χ0v) is 20.1. The Balaban J connectivity index is 1.71. The average Bonchev–Trinajstić information content (AvgIpc) is 3.20. The zero-order chi connectivity index (χ0) is 26.4. The lowest BCUT2D eigenvalue weighted by Gasteiger charge is -2.44. The van der Waals surface area contributed by atoms with Gasteiger partial charge < -0.3 is 19.3 Å². The number of ether oxygens (including phenoxy) is 1. The van der Waals surface area contributed by atoms with Crippen molar-refractivity contribution >= 4 is 12.0 Å². The van der Waals surface area contributed by atoms with Crippen molar-refractivity contribution in [2.75, 3.05) is 6.54 Å². The first-order valence-corrected chi connectivity index (χ1v) is 11.2. The molecule has 190 valence electrons. The van der Waals surface area contributed by atoms with Gasteiger partial charge in [-0.2, -0.15) is 0 Å². The van der Waals surface area contributed by atoms with Crippen LogP contribution in [0.2, 0.25) is 0 Å². The molecule has 1 aliphatic heterocycles. The summed E-state index contributed by atoms with van der Waals surface area (Å²) >= 11 is 0. The van der Waals surface area contributed by atoms with Gasteiger partial charge in [0.25, 0.3) is 5.91 Å². The second-order valence-electron chi connectivity index (χ2n) is 9.42. The first kappa shape index (κ1) is 25.4. The first-order chi connectivity index (χ1) is 16.9. The Morgan fingerprint density at radius 2 is 1.78 bits per heavy atom. The monoisotopic (exact) mass is 503 g/mol. The Kier molecular flexibility index (Phi) is 6.66. The molecule has 1 aliphatic rings. The van der Waals surface area contributed by atoms with Gasteiger partial charge in [-0.15, -0.1) is 0 Å². The Morgan fingerprint density at radius 1 is 1.11 bits per heavy atom. The van der Waals surface area contributed by atoms with Crippen molar-refractivity contribution < 1.29 is 32.2 Å². The van der Waals surface area contributed by atoms with Crippen LogP contribution in [0, 0.1) is 30.2 Å². The van der Waals surface area contributed by atoms with Gasteiger partial charge in [0.15, 0.2) is 23.2 Å². The number of nitrogens with zero attached hydrogens (tertiary/aromatic N) is 3. The minimum atomic E-state index is -1.64. The molecule has 0 saturated carbocycles. The van der Waals surface area contributed by atoms with Crippen molar-refractivity contribution in [2.45, 2.75) is 45.4 Å². The van der Waals surface area contributed by atoms with E-state index in [-0.39, 0.29) is 23.6 Å². The third-order valence-electron chi connectivity index (χ3n) is 5.81. The molecule has 0 aliphatic carbocycles. The molecule has 1 amide bonds. The summed E-state index contributed by atoms with van der Waals surface area (Å²) in [4.78, 5) is 18.7. The van der Waals surface area contributed by atoms with Crippen LogP contribution in [0.4, 0.5) is 17.6 Å². The smallest absolute Gasteiger partial charge is 0.289 e. The fourth-order valence-corrected chi connectivity index (χ4v) is 4.30. The van der Waals surface area contributed by atoms with Crippen LogP contribution in [-0.4, -0.2) is 43.7 Å². The fourth-order valence-electron chi connectivity index (χ4n) is 4.30. The molecule has 3 aromatic rings. The predicted molar refractivity (Wildman–Crippen MR) is 124 cm³/mol. The van der Waals surface area contributed by atoms with Crippen molar-refractivity contribution in [3.05, 3.63) is 88.7 Å². The number of morpholine rings is 1. The summed E-state index contributed by atoms with van der Waals surface area (Å²) in [5.41, 5.74) is 0.249. The van der Waals surface area contributed by atoms with E-state index in [4.69, 9.17) is 4.74 Å². The van der Waals surface area contributed by atoms with Crippen LogP contribution in [0.5, 0.6) is 0 Å². The van der Waals surface area contributed by atoms with Gasteiger partial charge in [-0.25, -0.2) is 22.5 Å². The highest BCUT2D eigenvalue weighted by Crippen LogP contribution is 2.35. The molecule has 2 heterocycles. The summed E-state index contributed by atoms with van der Waals surface area (Å²) < 4.78 is 63.7. The molecule has 4 rings (SSSR count). The number of rotatable bonds is 5. The van der Waals surface area contributed by atoms with Crippen LogP contribution in [0.15, 0.2) is 48.6 Å². The Morgan fingerprint density at radius 3 is 2.33 bits per heavy atom. The lowest BCUT2D eigenvalue weighted by atomic mass is 9.96. The number of amides is 1. The average molecular weight is 503 g/mol. The van der Waals surface area contributed by atoms with Gasteiger partial charge in [0.1, 0.15) is 11.4 Å². The van der Waals surface area contributed by atoms with E-state index in [1.54, 1.807) is 33.0 Å². The van der Waals surface area contributed by atoms with E-state index in [2.05, 4.69) is 4.98 Å². The number of aliphatic hydroxyl groups excluding tert-OH is 1. The van der Waals surface area contributed by atoms with Crippen molar-refractivity contribution in [1.82, 2.24) is 14.5 Å². The molecule has 0 unspecified atom stereocenters. The van der Waals surface area contributed by atoms with Crippen LogP contribution in [0.1, 0.15) is 43.6 Å². The summed E-state index contributed by atoms with van der Waals surface area (Å²) in [6, 6.07) is 4.66. The molecule has 0 bridgehead atoms. The van der Waals surface area contributed by atoms with Gasteiger partial charge in [-0.3, -0.25) is 4.79 Å². The fraction of sp³-hybridized carbons (Fsp3) is 0.308. The number of benzene rings is 2. The number of aryl methyl sites for hydroxylation is 1. The van der Waals surface area contributed by atoms with Gasteiger partial charge in [-0.1, -0.05) is 6.07 Å². The molecule has 6 nitrogen and oxygen atoms in total. The standard InChI is InChI=1S/C26H25F4N3O3/c1-14-11-32(13-31-14)21-6-5-16(7-18(21)27)8-22-25(35)33(12-26(3,4)36-22)24(15(2)34)17-9-19(28)23(30)20(29)10-17/h5-11,13,15,24,34H,12H2,1-4H3/t15-,24+/m1/s1. The van der Waals surface area contributed by atoms with Crippen molar-refractivity contribution in [2.24, 2.45) is 0 Å². The second-order valence-corrected chi connectivity index (χ2v) is 9.42. The number of aromatic nitrogens is 2. The van der Waals surface area contributed by atoms with E-state index >= 15 is 0 Å². The summed E-state index contributed by atoms with van der Waals surface area (Å²) in [7, 11) is 0. The largest absolute Gasteiger partial charge is 0.480 e. The van der Waals surface area contributed by atoms with E-state index in [9.17, 15) is 27.5 Å². The number of hydrogen-bond donors (Lipinski definition) is 1. The van der Waals surface area contributed by atoms with E-state index < -0.39 is 46.9 Å². The maximum Gasteiger partial charge on any atom is 0.289 e. The molecule has 1 aromatic heterocycles. The summed E-state index contributed by atoms with van der Waals surface area (Å²) in [5.74, 6) is -5.90. The molecular weight excluding hydrogens is 478 g/mol. The molecule has 1 fully saturated rings. The highest BCUT2D eigenvalue weighted by atomic mass is 19.2. The van der Waals surface area contributed by atoms with Gasteiger partial charge in [0, 0.05) is 6.20 Å². The Hall–Kier alpha value is -3.66. The molecule has 0 spiro atoms. The molecule has 2 aromatic carbocycles. The van der Waals surface area contributed by atoms with Crippen LogP contribution >= 0.6 is 0 Å². The van der Waals surface area contributed by atoms with E-state index in [1.807, 2.05) is 0 Å². The SMILES string of the molecule is Cc1cn(-c2ccc(C=C3OC(C)(C)CN([C@H](c4cc(F)c(F)c(F)c4)[C@@H](C)O)C3=O)cc2F)cn1. The number of halogens is 4. The number of aliphatic hydroxyl groups is 1. The predicted octanol–water partition coefficient (Wildman–Crippen LogP) is 4.84. The zero-order valence-electron chi connectivity index (χ0n) is 20.1. The molecule has 2 atom stereocenters. The van der Waals surface area contributed by atoms with E-state index in [1.165, 1.54) is 40.9 Å². The van der Waals surface area contributed by atoms with Crippen LogP contribution in [-0.2, 0) is 9.53 Å². The second kappa shape index (κ2) is 9.42. The lowest BCUT2D eigenvalue weighted by Crippen LogP contribution is -2.53. The molecular formula is C26H25F4N3O3.